The van der Waals surface area contributed by atoms with Gasteiger partial charge in [-0.25, -0.2) is 9.97 Å². The number of aryl methyl sites for hydroxylation is 1. The van der Waals surface area contributed by atoms with Crippen molar-refractivity contribution >= 4 is 16.9 Å². The fourth-order valence-corrected chi connectivity index (χ4v) is 2.97. The summed E-state index contributed by atoms with van der Waals surface area (Å²) in [6.07, 6.45) is 1.60. The van der Waals surface area contributed by atoms with Crippen LogP contribution in [0.25, 0.3) is 22.3 Å². The maximum absolute atomic E-state index is 4.45. The van der Waals surface area contributed by atoms with Gasteiger partial charge in [-0.2, -0.15) is 0 Å². The van der Waals surface area contributed by atoms with Crippen molar-refractivity contribution in [3.8, 4) is 11.3 Å². The third kappa shape index (κ3) is 3.45. The molecule has 0 amide bonds. The zero-order chi connectivity index (χ0) is 17.2. The van der Waals surface area contributed by atoms with E-state index in [9.17, 15) is 0 Å². The molecule has 0 aliphatic heterocycles. The lowest BCUT2D eigenvalue weighted by Gasteiger charge is -2.15. The molecule has 0 fully saturated rings. The summed E-state index contributed by atoms with van der Waals surface area (Å²) in [4.78, 5) is 12.2. The maximum atomic E-state index is 4.45. The van der Waals surface area contributed by atoms with Gasteiger partial charge in [0.1, 0.15) is 17.8 Å². The number of benzene rings is 2. The Bertz CT molecular complexity index is 988. The van der Waals surface area contributed by atoms with Gasteiger partial charge in [0.05, 0.1) is 5.39 Å². The van der Waals surface area contributed by atoms with Crippen LogP contribution in [0.4, 0.5) is 5.82 Å². The Labute approximate surface area is 154 Å². The van der Waals surface area contributed by atoms with Crippen molar-refractivity contribution in [1.29, 1.82) is 0 Å². The van der Waals surface area contributed by atoms with Gasteiger partial charge < -0.3 is 10.3 Å². The number of aromatic amines is 1. The topological polar surface area (TPSA) is 53.6 Å². The highest BCUT2D eigenvalue weighted by Crippen LogP contribution is 2.28. The molecule has 0 spiro atoms. The summed E-state index contributed by atoms with van der Waals surface area (Å²) in [5.41, 5.74) is 5.51. The minimum absolute atomic E-state index is 0. The Morgan fingerprint density at radius 2 is 1.69 bits per heavy atom. The molecule has 2 heterocycles. The second-order valence-corrected chi connectivity index (χ2v) is 6.31. The number of aromatic nitrogens is 3. The zero-order valence-electron chi connectivity index (χ0n) is 14.3. The molecule has 2 aromatic heterocycles. The van der Waals surface area contributed by atoms with E-state index in [1.165, 1.54) is 11.1 Å². The molecular weight excluding hydrogens is 320 g/mol. The van der Waals surface area contributed by atoms with Crippen LogP contribution in [0.3, 0.4) is 0 Å². The fraction of sp³-hybridized carbons (Fsp3) is 0.182. The van der Waals surface area contributed by atoms with Crippen molar-refractivity contribution in [3.05, 3.63) is 78.1 Å². The lowest BCUT2D eigenvalue weighted by atomic mass is 10.1. The SMILES string of the molecule is C.Cc1ccc(-c2cc3c(N[C@H](C)c4ccccc4)ncnc3[nH]2)cc1. The molecule has 2 aromatic carbocycles. The van der Waals surface area contributed by atoms with Gasteiger partial charge in [0, 0.05) is 11.7 Å². The van der Waals surface area contributed by atoms with E-state index in [4.69, 9.17) is 0 Å². The Hall–Kier alpha value is -3.14. The minimum Gasteiger partial charge on any atom is -0.363 e. The number of nitrogens with zero attached hydrogens (tertiary/aromatic N) is 2. The first-order chi connectivity index (χ1) is 12.2. The molecule has 4 rings (SSSR count). The molecule has 4 heteroatoms. The standard InChI is InChI=1S/C21H20N4.CH4/c1-14-8-10-17(11-9-14)19-12-18-20(22-13-23-21(18)25-19)24-15(2)16-6-4-3-5-7-16;/h3-13,15H,1-2H3,(H2,22,23,24,25);1H4/t15-;/m1./s1. The molecule has 4 nitrogen and oxygen atoms in total. The highest BCUT2D eigenvalue weighted by molar-refractivity contribution is 5.91. The molecule has 0 bridgehead atoms. The van der Waals surface area contributed by atoms with Crippen molar-refractivity contribution in [1.82, 2.24) is 15.0 Å². The average Bonchev–Trinajstić information content (AvgIpc) is 3.08. The molecular formula is C22H24N4. The van der Waals surface area contributed by atoms with E-state index in [1.54, 1.807) is 6.33 Å². The zero-order valence-corrected chi connectivity index (χ0v) is 14.3. The normalized spacial score (nSPS) is 11.8. The fourth-order valence-electron chi connectivity index (χ4n) is 2.97. The van der Waals surface area contributed by atoms with Gasteiger partial charge in [-0.15, -0.1) is 0 Å². The van der Waals surface area contributed by atoms with Gasteiger partial charge in [0.25, 0.3) is 0 Å². The number of hydrogen-bond acceptors (Lipinski definition) is 3. The molecule has 0 saturated heterocycles. The highest BCUT2D eigenvalue weighted by Gasteiger charge is 2.12. The summed E-state index contributed by atoms with van der Waals surface area (Å²) in [5, 5.41) is 4.50. The number of fused-ring (bicyclic) bond motifs is 1. The van der Waals surface area contributed by atoms with Gasteiger partial charge >= 0.3 is 0 Å². The summed E-state index contributed by atoms with van der Waals surface area (Å²) >= 11 is 0. The molecule has 0 aliphatic rings. The number of H-pyrrole nitrogens is 1. The van der Waals surface area contributed by atoms with Crippen molar-refractivity contribution in [2.24, 2.45) is 0 Å². The summed E-state index contributed by atoms with van der Waals surface area (Å²) < 4.78 is 0. The van der Waals surface area contributed by atoms with Crippen molar-refractivity contribution in [3.63, 3.8) is 0 Å². The van der Waals surface area contributed by atoms with Gasteiger partial charge in [-0.3, -0.25) is 0 Å². The van der Waals surface area contributed by atoms with Crippen LogP contribution in [0, 0.1) is 6.92 Å². The quantitative estimate of drug-likeness (QED) is 0.496. The Morgan fingerprint density at radius 1 is 0.962 bits per heavy atom. The van der Waals surface area contributed by atoms with Crippen LogP contribution in [-0.4, -0.2) is 15.0 Å². The van der Waals surface area contributed by atoms with Crippen LogP contribution in [0.5, 0.6) is 0 Å². The first-order valence-electron chi connectivity index (χ1n) is 8.43. The van der Waals surface area contributed by atoms with Crippen molar-refractivity contribution in [2.45, 2.75) is 27.3 Å². The first kappa shape index (κ1) is 17.7. The van der Waals surface area contributed by atoms with E-state index >= 15 is 0 Å². The molecule has 2 N–H and O–H groups in total. The number of nitrogens with one attached hydrogen (secondary N) is 2. The maximum Gasteiger partial charge on any atom is 0.143 e. The number of anilines is 1. The molecule has 0 aliphatic carbocycles. The van der Waals surface area contributed by atoms with Crippen molar-refractivity contribution in [2.75, 3.05) is 5.32 Å². The van der Waals surface area contributed by atoms with Crippen LogP contribution in [-0.2, 0) is 0 Å². The Balaban J connectivity index is 0.00000196. The highest BCUT2D eigenvalue weighted by atomic mass is 15.1. The number of hydrogen-bond donors (Lipinski definition) is 2. The summed E-state index contributed by atoms with van der Waals surface area (Å²) in [6.45, 7) is 4.23. The minimum atomic E-state index is 0. The summed E-state index contributed by atoms with van der Waals surface area (Å²) in [5.74, 6) is 0.843. The predicted molar refractivity (Wildman–Crippen MR) is 109 cm³/mol. The van der Waals surface area contributed by atoms with E-state index in [0.717, 1.165) is 28.1 Å². The Morgan fingerprint density at radius 3 is 2.42 bits per heavy atom. The van der Waals surface area contributed by atoms with Crippen LogP contribution in [0.15, 0.2) is 67.0 Å². The molecule has 4 aromatic rings. The summed E-state index contributed by atoms with van der Waals surface area (Å²) in [6, 6.07) is 21.1. The van der Waals surface area contributed by atoms with Crippen LogP contribution >= 0.6 is 0 Å². The monoisotopic (exact) mass is 344 g/mol. The van der Waals surface area contributed by atoms with Gasteiger partial charge in [-0.05, 0) is 31.0 Å². The van der Waals surface area contributed by atoms with Crippen LogP contribution in [0.1, 0.15) is 31.5 Å². The average molecular weight is 344 g/mol. The lowest BCUT2D eigenvalue weighted by molar-refractivity contribution is 0.876. The van der Waals surface area contributed by atoms with E-state index < -0.39 is 0 Å². The van der Waals surface area contributed by atoms with Gasteiger partial charge in [-0.1, -0.05) is 67.6 Å². The van der Waals surface area contributed by atoms with Crippen LogP contribution in [0.2, 0.25) is 0 Å². The van der Waals surface area contributed by atoms with E-state index in [1.807, 2.05) is 6.07 Å². The van der Waals surface area contributed by atoms with Crippen molar-refractivity contribution < 1.29 is 0 Å². The molecule has 0 radical (unpaired) electrons. The van der Waals surface area contributed by atoms with E-state index in [0.29, 0.717) is 0 Å². The largest absolute Gasteiger partial charge is 0.363 e. The molecule has 26 heavy (non-hydrogen) atoms. The predicted octanol–water partition coefficient (Wildman–Crippen LogP) is 5.74. The molecule has 0 unspecified atom stereocenters. The number of rotatable bonds is 4. The van der Waals surface area contributed by atoms with E-state index in [2.05, 4.69) is 88.7 Å². The van der Waals surface area contributed by atoms with Gasteiger partial charge in [0.2, 0.25) is 0 Å². The Kier molecular flexibility index (Phi) is 5.03. The van der Waals surface area contributed by atoms with Crippen LogP contribution < -0.4 is 5.32 Å². The smallest absolute Gasteiger partial charge is 0.143 e. The lowest BCUT2D eigenvalue weighted by Crippen LogP contribution is -2.08. The molecule has 1 atom stereocenters. The van der Waals surface area contributed by atoms with Gasteiger partial charge in [0.15, 0.2) is 0 Å². The van der Waals surface area contributed by atoms with E-state index in [-0.39, 0.29) is 13.5 Å². The summed E-state index contributed by atoms with van der Waals surface area (Å²) in [7, 11) is 0. The third-order valence-electron chi connectivity index (χ3n) is 4.44. The second-order valence-electron chi connectivity index (χ2n) is 6.31. The molecule has 0 saturated carbocycles. The molecule has 132 valence electrons. The second kappa shape index (κ2) is 7.40. The third-order valence-corrected chi connectivity index (χ3v) is 4.44. The first-order valence-corrected chi connectivity index (χ1v) is 8.43.